The summed E-state index contributed by atoms with van der Waals surface area (Å²) >= 11 is 0. The van der Waals surface area contributed by atoms with Crippen molar-refractivity contribution in [3.05, 3.63) is 59.7 Å². The van der Waals surface area contributed by atoms with Gasteiger partial charge in [-0.15, -0.1) is 24.0 Å². The van der Waals surface area contributed by atoms with Gasteiger partial charge in [0.15, 0.2) is 5.96 Å². The molecule has 3 rings (SSSR count). The minimum Gasteiger partial charge on any atom is -0.497 e. The number of guanidine groups is 1. The smallest absolute Gasteiger partial charge is 0.387 e. The lowest BCUT2D eigenvalue weighted by atomic mass is 10.1. The Morgan fingerprint density at radius 1 is 1.06 bits per heavy atom. The van der Waals surface area contributed by atoms with E-state index in [0.717, 1.165) is 22.3 Å². The minimum absolute atomic E-state index is 0. The van der Waals surface area contributed by atoms with Crippen LogP contribution in [0.1, 0.15) is 11.1 Å². The van der Waals surface area contributed by atoms with Gasteiger partial charge in [0.05, 0.1) is 12.6 Å². The summed E-state index contributed by atoms with van der Waals surface area (Å²) in [5.41, 5.74) is 2.49. The SMILES string of the molecule is CN=C(NCc1cc(OC)ccc1OC(F)F)NCc1cc(N(C)C)nc2ccccc12.I. The Morgan fingerprint density at radius 3 is 2.39 bits per heavy atom. The number of fused-ring (bicyclic) bond motifs is 1. The molecule has 0 saturated carbocycles. The van der Waals surface area contributed by atoms with Gasteiger partial charge >= 0.3 is 6.61 Å². The summed E-state index contributed by atoms with van der Waals surface area (Å²) in [6, 6.07) is 14.7. The Labute approximate surface area is 209 Å². The lowest BCUT2D eigenvalue weighted by molar-refractivity contribution is -0.0505. The Balaban J connectivity index is 0.00000385. The summed E-state index contributed by atoms with van der Waals surface area (Å²) in [7, 11) is 7.05. The molecule has 0 fully saturated rings. The van der Waals surface area contributed by atoms with Crippen LogP contribution in [0.2, 0.25) is 0 Å². The number of aliphatic imine (C=N–C) groups is 1. The number of hydrogen-bond acceptors (Lipinski definition) is 5. The molecule has 7 nitrogen and oxygen atoms in total. The van der Waals surface area contributed by atoms with Gasteiger partial charge in [-0.2, -0.15) is 8.78 Å². The Kier molecular flexibility index (Phi) is 9.89. The number of halogens is 3. The van der Waals surface area contributed by atoms with E-state index in [1.54, 1.807) is 19.2 Å². The summed E-state index contributed by atoms with van der Waals surface area (Å²) < 4.78 is 35.3. The van der Waals surface area contributed by atoms with Gasteiger partial charge in [0.25, 0.3) is 0 Å². The van der Waals surface area contributed by atoms with Crippen molar-refractivity contribution in [2.24, 2.45) is 4.99 Å². The highest BCUT2D eigenvalue weighted by molar-refractivity contribution is 14.0. The lowest BCUT2D eigenvalue weighted by Gasteiger charge is -2.17. The van der Waals surface area contributed by atoms with Crippen LogP contribution in [-0.4, -0.2) is 45.8 Å². The number of para-hydroxylation sites is 1. The van der Waals surface area contributed by atoms with Gasteiger partial charge in [-0.1, -0.05) is 18.2 Å². The molecular weight excluding hydrogens is 543 g/mol. The quantitative estimate of drug-likeness (QED) is 0.238. The topological polar surface area (TPSA) is 71.0 Å². The number of rotatable bonds is 8. The molecular formula is C23H28F2IN5O2. The third-order valence-corrected chi connectivity index (χ3v) is 4.85. The van der Waals surface area contributed by atoms with E-state index in [2.05, 4.69) is 25.3 Å². The maximum atomic E-state index is 12.8. The first kappa shape index (κ1) is 26.4. The molecule has 0 spiro atoms. The number of hydrogen-bond donors (Lipinski definition) is 2. The molecule has 0 radical (unpaired) electrons. The highest BCUT2D eigenvalue weighted by atomic mass is 127. The van der Waals surface area contributed by atoms with Gasteiger partial charge in [0.2, 0.25) is 0 Å². The number of anilines is 1. The molecule has 0 unspecified atom stereocenters. The van der Waals surface area contributed by atoms with Crippen LogP contribution < -0.4 is 25.0 Å². The fourth-order valence-electron chi connectivity index (χ4n) is 3.22. The number of pyridine rings is 1. The molecule has 0 aliphatic carbocycles. The first-order valence-corrected chi connectivity index (χ1v) is 10.0. The number of ether oxygens (including phenoxy) is 2. The van der Waals surface area contributed by atoms with Crippen molar-refractivity contribution in [2.45, 2.75) is 19.7 Å². The average Bonchev–Trinajstić information content (AvgIpc) is 2.79. The van der Waals surface area contributed by atoms with Gasteiger partial charge < -0.3 is 25.0 Å². The van der Waals surface area contributed by atoms with Crippen LogP contribution in [0.25, 0.3) is 10.9 Å². The molecule has 3 aromatic rings. The van der Waals surface area contributed by atoms with Crippen LogP contribution >= 0.6 is 24.0 Å². The highest BCUT2D eigenvalue weighted by Crippen LogP contribution is 2.26. The van der Waals surface area contributed by atoms with Gasteiger partial charge in [-0.25, -0.2) is 4.98 Å². The van der Waals surface area contributed by atoms with Crippen LogP contribution in [0.3, 0.4) is 0 Å². The maximum absolute atomic E-state index is 12.8. The predicted octanol–water partition coefficient (Wildman–Crippen LogP) is 4.39. The maximum Gasteiger partial charge on any atom is 0.387 e. The highest BCUT2D eigenvalue weighted by Gasteiger charge is 2.12. The van der Waals surface area contributed by atoms with Crippen LogP contribution in [0.15, 0.2) is 53.5 Å². The Bertz CT molecular complexity index is 1100. The van der Waals surface area contributed by atoms with Crippen molar-refractivity contribution < 1.29 is 18.3 Å². The van der Waals surface area contributed by atoms with Crippen molar-refractivity contribution in [3.63, 3.8) is 0 Å². The van der Waals surface area contributed by atoms with E-state index in [0.29, 0.717) is 23.8 Å². The fourth-order valence-corrected chi connectivity index (χ4v) is 3.22. The molecule has 0 amide bonds. The number of nitrogens with one attached hydrogen (secondary N) is 2. The molecule has 0 aliphatic rings. The summed E-state index contributed by atoms with van der Waals surface area (Å²) in [6.45, 7) is -2.19. The van der Waals surface area contributed by atoms with Crippen molar-refractivity contribution >= 4 is 46.7 Å². The second kappa shape index (κ2) is 12.4. The van der Waals surface area contributed by atoms with Crippen LogP contribution in [0.5, 0.6) is 11.5 Å². The van der Waals surface area contributed by atoms with Crippen molar-refractivity contribution in [2.75, 3.05) is 33.2 Å². The molecule has 2 aromatic carbocycles. The first-order valence-electron chi connectivity index (χ1n) is 10.0. The largest absolute Gasteiger partial charge is 0.497 e. The molecule has 33 heavy (non-hydrogen) atoms. The van der Waals surface area contributed by atoms with Crippen LogP contribution in [0, 0.1) is 0 Å². The van der Waals surface area contributed by atoms with Gasteiger partial charge in [0, 0.05) is 45.2 Å². The van der Waals surface area contributed by atoms with Crippen molar-refractivity contribution in [1.82, 2.24) is 15.6 Å². The zero-order valence-electron chi connectivity index (χ0n) is 18.9. The number of benzene rings is 2. The summed E-state index contributed by atoms with van der Waals surface area (Å²) in [6.07, 6.45) is 0. The molecule has 0 aliphatic heterocycles. The summed E-state index contributed by atoms with van der Waals surface area (Å²) in [5.74, 6) is 2.00. The second-order valence-corrected chi connectivity index (χ2v) is 7.18. The summed E-state index contributed by atoms with van der Waals surface area (Å²) in [4.78, 5) is 10.9. The second-order valence-electron chi connectivity index (χ2n) is 7.18. The fraction of sp³-hybridized carbons (Fsp3) is 0.304. The van der Waals surface area contributed by atoms with E-state index in [9.17, 15) is 8.78 Å². The molecule has 1 aromatic heterocycles. The molecule has 10 heteroatoms. The number of alkyl halides is 2. The standard InChI is InChI=1S/C23H27F2N5O2.HI/c1-26-23(28-14-16-11-17(31-4)9-10-20(16)32-22(24)25)27-13-15-12-21(30(2)3)29-19-8-6-5-7-18(15)19;/h5-12,22H,13-14H2,1-4H3,(H2,26,27,28);1H. The van der Waals surface area contributed by atoms with Crippen LogP contribution in [-0.2, 0) is 13.1 Å². The zero-order chi connectivity index (χ0) is 23.1. The molecule has 0 atom stereocenters. The van der Waals surface area contributed by atoms with E-state index in [1.165, 1.54) is 13.2 Å². The number of nitrogens with zero attached hydrogens (tertiary/aromatic N) is 3. The van der Waals surface area contributed by atoms with E-state index in [-0.39, 0.29) is 36.3 Å². The van der Waals surface area contributed by atoms with E-state index < -0.39 is 6.61 Å². The minimum atomic E-state index is -2.91. The summed E-state index contributed by atoms with van der Waals surface area (Å²) in [5, 5.41) is 7.46. The van der Waals surface area contributed by atoms with Gasteiger partial charge in [-0.3, -0.25) is 4.99 Å². The van der Waals surface area contributed by atoms with Crippen molar-refractivity contribution in [1.29, 1.82) is 0 Å². The van der Waals surface area contributed by atoms with Gasteiger partial charge in [-0.05, 0) is 35.9 Å². The molecule has 1 heterocycles. The first-order chi connectivity index (χ1) is 15.4. The van der Waals surface area contributed by atoms with E-state index >= 15 is 0 Å². The van der Waals surface area contributed by atoms with Gasteiger partial charge in [0.1, 0.15) is 17.3 Å². The molecule has 0 bridgehead atoms. The number of methoxy groups -OCH3 is 1. The van der Waals surface area contributed by atoms with E-state index in [1.807, 2.05) is 49.3 Å². The molecule has 0 saturated heterocycles. The van der Waals surface area contributed by atoms with Crippen LogP contribution in [0.4, 0.5) is 14.6 Å². The molecule has 178 valence electrons. The molecule has 2 N–H and O–H groups in total. The van der Waals surface area contributed by atoms with E-state index in [4.69, 9.17) is 4.74 Å². The Morgan fingerprint density at radius 2 is 1.76 bits per heavy atom. The normalized spacial score (nSPS) is 11.2. The third kappa shape index (κ3) is 7.04. The predicted molar refractivity (Wildman–Crippen MR) is 138 cm³/mol. The number of aromatic nitrogens is 1. The third-order valence-electron chi connectivity index (χ3n) is 4.85. The lowest BCUT2D eigenvalue weighted by Crippen LogP contribution is -2.36. The monoisotopic (exact) mass is 571 g/mol. The zero-order valence-corrected chi connectivity index (χ0v) is 21.3. The average molecular weight is 571 g/mol. The Hall–Kier alpha value is -2.89. The van der Waals surface area contributed by atoms with Crippen molar-refractivity contribution in [3.8, 4) is 11.5 Å².